The van der Waals surface area contributed by atoms with Crippen LogP contribution in [-0.2, 0) is 5.75 Å². The Morgan fingerprint density at radius 2 is 1.78 bits per heavy atom. The molecule has 0 amide bonds. The maximum Gasteiger partial charge on any atom is 0.196 e. The van der Waals surface area contributed by atoms with Gasteiger partial charge in [-0.25, -0.2) is 4.39 Å². The number of nitrogens with zero attached hydrogens (tertiary/aromatic N) is 4. The highest BCUT2D eigenvalue weighted by Gasteiger charge is 2.18. The molecule has 0 fully saturated rings. The van der Waals surface area contributed by atoms with Gasteiger partial charge in [-0.05, 0) is 36.8 Å². The molecule has 27 heavy (non-hydrogen) atoms. The van der Waals surface area contributed by atoms with Gasteiger partial charge in [0.25, 0.3) is 0 Å². The van der Waals surface area contributed by atoms with Crippen molar-refractivity contribution >= 4 is 11.8 Å². The van der Waals surface area contributed by atoms with Crippen LogP contribution in [0.1, 0.15) is 11.1 Å². The Hall–Kier alpha value is -2.99. The fourth-order valence-corrected chi connectivity index (χ4v) is 3.63. The van der Waals surface area contributed by atoms with Crippen LogP contribution < -0.4 is 0 Å². The van der Waals surface area contributed by atoms with Crippen molar-refractivity contribution in [1.82, 2.24) is 19.7 Å². The maximum atomic E-state index is 14.5. The molecule has 134 valence electrons. The second-order valence-electron chi connectivity index (χ2n) is 6.11. The zero-order valence-electron chi connectivity index (χ0n) is 14.7. The van der Waals surface area contributed by atoms with Crippen molar-refractivity contribution in [3.05, 3.63) is 90.0 Å². The van der Waals surface area contributed by atoms with Crippen LogP contribution in [0.3, 0.4) is 0 Å². The zero-order chi connectivity index (χ0) is 18.6. The molecule has 4 aromatic rings. The molecule has 0 saturated carbocycles. The second kappa shape index (κ2) is 7.72. The van der Waals surface area contributed by atoms with E-state index < -0.39 is 0 Å². The number of pyridine rings is 1. The van der Waals surface area contributed by atoms with Crippen LogP contribution in [0.25, 0.3) is 17.1 Å². The van der Waals surface area contributed by atoms with E-state index in [-0.39, 0.29) is 5.82 Å². The van der Waals surface area contributed by atoms with Crippen LogP contribution in [0, 0.1) is 12.7 Å². The molecule has 0 atom stereocenters. The fraction of sp³-hybridized carbons (Fsp3) is 0.0952. The predicted molar refractivity (Wildman–Crippen MR) is 105 cm³/mol. The minimum absolute atomic E-state index is 0.320. The summed E-state index contributed by atoms with van der Waals surface area (Å²) in [5.41, 5.74) is 3.61. The molecule has 2 heterocycles. The van der Waals surface area contributed by atoms with Crippen LogP contribution in [-0.4, -0.2) is 19.7 Å². The van der Waals surface area contributed by atoms with Crippen LogP contribution >= 0.6 is 11.8 Å². The molecule has 2 aromatic carbocycles. The molecule has 0 aliphatic carbocycles. The summed E-state index contributed by atoms with van der Waals surface area (Å²) in [5, 5.41) is 9.28. The Morgan fingerprint density at radius 3 is 2.52 bits per heavy atom. The number of rotatable bonds is 5. The normalized spacial score (nSPS) is 10.9. The lowest BCUT2D eigenvalue weighted by Crippen LogP contribution is -2.02. The largest absolute Gasteiger partial charge is 0.267 e. The predicted octanol–water partition coefficient (Wildman–Crippen LogP) is 5.07. The van der Waals surface area contributed by atoms with E-state index in [0.29, 0.717) is 16.7 Å². The first-order chi connectivity index (χ1) is 13.2. The number of benzene rings is 2. The smallest absolute Gasteiger partial charge is 0.196 e. The van der Waals surface area contributed by atoms with Gasteiger partial charge in [0.05, 0.1) is 5.69 Å². The van der Waals surface area contributed by atoms with E-state index in [1.165, 1.54) is 29.0 Å². The molecule has 6 heteroatoms. The van der Waals surface area contributed by atoms with Crippen LogP contribution in [0.15, 0.2) is 78.2 Å². The first-order valence-electron chi connectivity index (χ1n) is 8.51. The zero-order valence-corrected chi connectivity index (χ0v) is 15.5. The van der Waals surface area contributed by atoms with Gasteiger partial charge >= 0.3 is 0 Å². The monoisotopic (exact) mass is 376 g/mol. The summed E-state index contributed by atoms with van der Waals surface area (Å²) in [6.45, 7) is 2.06. The minimum atomic E-state index is -0.320. The number of aromatic nitrogens is 4. The van der Waals surface area contributed by atoms with Crippen molar-refractivity contribution in [2.45, 2.75) is 17.8 Å². The standard InChI is InChI=1S/C21H17FN4S/c1-15-8-10-16(11-9-15)14-27-21-25-24-20(17-5-4-12-23-13-17)26(21)19-7-3-2-6-18(19)22/h2-13H,14H2,1H3. The number of hydrogen-bond acceptors (Lipinski definition) is 4. The third kappa shape index (κ3) is 3.75. The Labute approximate surface area is 161 Å². The van der Waals surface area contributed by atoms with Crippen molar-refractivity contribution in [2.24, 2.45) is 0 Å². The lowest BCUT2D eigenvalue weighted by molar-refractivity contribution is 0.613. The van der Waals surface area contributed by atoms with Gasteiger partial charge < -0.3 is 0 Å². The highest BCUT2D eigenvalue weighted by atomic mass is 32.2. The molecule has 0 aliphatic heterocycles. The van der Waals surface area contributed by atoms with Gasteiger partial charge in [0.2, 0.25) is 0 Å². The number of thioether (sulfide) groups is 1. The van der Waals surface area contributed by atoms with Gasteiger partial charge in [-0.15, -0.1) is 10.2 Å². The molecule has 0 saturated heterocycles. The molecule has 0 spiro atoms. The Bertz CT molecular complexity index is 1050. The summed E-state index contributed by atoms with van der Waals surface area (Å²) < 4.78 is 16.3. The van der Waals surface area contributed by atoms with Gasteiger partial charge in [0.15, 0.2) is 11.0 Å². The van der Waals surface area contributed by atoms with E-state index in [1.54, 1.807) is 35.2 Å². The highest BCUT2D eigenvalue weighted by molar-refractivity contribution is 7.98. The average Bonchev–Trinajstić information content (AvgIpc) is 3.12. The highest BCUT2D eigenvalue weighted by Crippen LogP contribution is 2.30. The van der Waals surface area contributed by atoms with E-state index in [1.807, 2.05) is 12.1 Å². The molecule has 0 aliphatic rings. The lowest BCUT2D eigenvalue weighted by Gasteiger charge is -2.11. The van der Waals surface area contributed by atoms with E-state index >= 15 is 0 Å². The molecule has 0 N–H and O–H groups in total. The van der Waals surface area contributed by atoms with E-state index in [9.17, 15) is 4.39 Å². The topological polar surface area (TPSA) is 43.6 Å². The second-order valence-corrected chi connectivity index (χ2v) is 7.05. The van der Waals surface area contributed by atoms with E-state index in [0.717, 1.165) is 11.3 Å². The third-order valence-corrected chi connectivity index (χ3v) is 5.14. The molecule has 2 aromatic heterocycles. The first kappa shape index (κ1) is 17.4. The van der Waals surface area contributed by atoms with Gasteiger partial charge in [-0.1, -0.05) is 53.7 Å². The Balaban J connectivity index is 1.74. The van der Waals surface area contributed by atoms with Gasteiger partial charge in [0, 0.05) is 23.7 Å². The van der Waals surface area contributed by atoms with Crippen molar-refractivity contribution in [2.75, 3.05) is 0 Å². The SMILES string of the molecule is Cc1ccc(CSc2nnc(-c3cccnc3)n2-c2ccccc2F)cc1. The molecular formula is C21H17FN4S. The number of aryl methyl sites for hydroxylation is 1. The minimum Gasteiger partial charge on any atom is -0.267 e. The van der Waals surface area contributed by atoms with Crippen LogP contribution in [0.5, 0.6) is 0 Å². The van der Waals surface area contributed by atoms with Crippen molar-refractivity contribution in [3.8, 4) is 17.1 Å². The van der Waals surface area contributed by atoms with Crippen LogP contribution in [0.4, 0.5) is 4.39 Å². The van der Waals surface area contributed by atoms with Gasteiger partial charge in [0.1, 0.15) is 5.82 Å². The Kier molecular flexibility index (Phi) is 4.98. The van der Waals surface area contributed by atoms with Crippen LogP contribution in [0.2, 0.25) is 0 Å². The lowest BCUT2D eigenvalue weighted by atomic mass is 10.2. The summed E-state index contributed by atoms with van der Waals surface area (Å²) in [4.78, 5) is 4.15. The van der Waals surface area contributed by atoms with Crippen molar-refractivity contribution < 1.29 is 4.39 Å². The summed E-state index contributed by atoms with van der Waals surface area (Å²) in [5.74, 6) is 0.971. The number of hydrogen-bond donors (Lipinski definition) is 0. The van der Waals surface area contributed by atoms with Gasteiger partial charge in [-0.3, -0.25) is 9.55 Å². The summed E-state index contributed by atoms with van der Waals surface area (Å²) in [7, 11) is 0. The molecule has 4 rings (SSSR count). The Morgan fingerprint density at radius 1 is 0.963 bits per heavy atom. The quantitative estimate of drug-likeness (QED) is 0.456. The maximum absolute atomic E-state index is 14.5. The van der Waals surface area contributed by atoms with Gasteiger partial charge in [-0.2, -0.15) is 0 Å². The number of para-hydroxylation sites is 1. The first-order valence-corrected chi connectivity index (χ1v) is 9.50. The number of halogens is 1. The molecule has 0 bridgehead atoms. The summed E-state index contributed by atoms with van der Waals surface area (Å²) >= 11 is 1.53. The average molecular weight is 376 g/mol. The molecule has 4 nitrogen and oxygen atoms in total. The summed E-state index contributed by atoms with van der Waals surface area (Å²) in [6.07, 6.45) is 3.40. The fourth-order valence-electron chi connectivity index (χ4n) is 2.73. The van der Waals surface area contributed by atoms with E-state index in [4.69, 9.17) is 0 Å². The van der Waals surface area contributed by atoms with E-state index in [2.05, 4.69) is 46.4 Å². The molecular weight excluding hydrogens is 359 g/mol. The third-order valence-electron chi connectivity index (χ3n) is 4.13. The molecule has 0 unspecified atom stereocenters. The van der Waals surface area contributed by atoms with Crippen molar-refractivity contribution in [3.63, 3.8) is 0 Å². The summed E-state index contributed by atoms with van der Waals surface area (Å²) in [6, 6.07) is 18.7. The molecule has 0 radical (unpaired) electrons. The van der Waals surface area contributed by atoms with Crippen molar-refractivity contribution in [1.29, 1.82) is 0 Å².